The molecule has 22 heavy (non-hydrogen) atoms. The maximum atomic E-state index is 12.1. The molecule has 0 spiro atoms. The Morgan fingerprint density at radius 1 is 1.50 bits per heavy atom. The molecule has 1 fully saturated rings. The Hall–Kier alpha value is -2.35. The molecule has 0 bridgehead atoms. The zero-order valence-corrected chi connectivity index (χ0v) is 12.7. The van der Waals surface area contributed by atoms with Gasteiger partial charge in [0.25, 0.3) is 0 Å². The summed E-state index contributed by atoms with van der Waals surface area (Å²) in [6.07, 6.45) is 6.02. The molecule has 0 saturated carbocycles. The number of urea groups is 1. The zero-order chi connectivity index (χ0) is 15.5. The molecule has 2 N–H and O–H groups in total. The fourth-order valence-corrected chi connectivity index (χ4v) is 2.58. The third kappa shape index (κ3) is 2.96. The Morgan fingerprint density at radius 3 is 3.05 bits per heavy atom. The number of carbonyl (C=O) groups excluding carboxylic acids is 1. The average molecular weight is 304 g/mol. The van der Waals surface area contributed by atoms with E-state index in [1.54, 1.807) is 30.2 Å². The lowest BCUT2D eigenvalue weighted by molar-refractivity contribution is 0.100. The molecule has 0 radical (unpaired) electrons. The smallest absolute Gasteiger partial charge is 0.320 e. The first-order valence-electron chi connectivity index (χ1n) is 7.37. The first-order chi connectivity index (χ1) is 10.7. The molecule has 1 aliphatic heterocycles. The summed E-state index contributed by atoms with van der Waals surface area (Å²) in [6, 6.07) is 1.42. The van der Waals surface area contributed by atoms with E-state index in [0.717, 1.165) is 18.5 Å². The van der Waals surface area contributed by atoms with Crippen molar-refractivity contribution in [1.82, 2.24) is 24.9 Å². The summed E-state index contributed by atoms with van der Waals surface area (Å²) in [5, 5.41) is 14.0. The molecule has 3 heterocycles. The number of rotatable bonds is 4. The molecule has 0 aliphatic carbocycles. The second kappa shape index (κ2) is 6.18. The van der Waals surface area contributed by atoms with Crippen molar-refractivity contribution in [2.24, 2.45) is 7.05 Å². The van der Waals surface area contributed by atoms with E-state index in [4.69, 9.17) is 4.74 Å². The van der Waals surface area contributed by atoms with Crippen molar-refractivity contribution in [3.8, 4) is 0 Å². The molecule has 118 valence electrons. The van der Waals surface area contributed by atoms with Crippen LogP contribution < -0.4 is 10.6 Å². The number of aromatic nitrogens is 4. The Balaban J connectivity index is 1.63. The topological polar surface area (TPSA) is 86.0 Å². The van der Waals surface area contributed by atoms with Crippen LogP contribution in [0.1, 0.15) is 25.0 Å². The lowest BCUT2D eigenvalue weighted by atomic mass is 10.1. The van der Waals surface area contributed by atoms with Crippen molar-refractivity contribution in [3.05, 3.63) is 30.2 Å². The van der Waals surface area contributed by atoms with E-state index in [2.05, 4.69) is 20.8 Å². The Labute approximate surface area is 128 Å². The summed E-state index contributed by atoms with van der Waals surface area (Å²) in [5.41, 5.74) is 0.991. The normalized spacial score (nSPS) is 21.0. The van der Waals surface area contributed by atoms with Crippen LogP contribution in [0, 0.1) is 0 Å². The molecule has 2 aromatic heterocycles. The molecule has 2 atom stereocenters. The minimum Gasteiger partial charge on any atom is -0.371 e. The Kier molecular flexibility index (Phi) is 4.10. The number of aryl methyl sites for hydroxylation is 2. The molecular formula is C14H20N6O2. The van der Waals surface area contributed by atoms with Crippen molar-refractivity contribution in [2.75, 3.05) is 11.9 Å². The van der Waals surface area contributed by atoms with Gasteiger partial charge in [-0.15, -0.1) is 0 Å². The molecule has 2 aromatic rings. The van der Waals surface area contributed by atoms with E-state index < -0.39 is 0 Å². The van der Waals surface area contributed by atoms with Gasteiger partial charge < -0.3 is 10.1 Å². The number of amides is 2. The first kappa shape index (κ1) is 14.6. The molecule has 8 heteroatoms. The largest absolute Gasteiger partial charge is 0.371 e. The van der Waals surface area contributed by atoms with Crippen molar-refractivity contribution < 1.29 is 9.53 Å². The average Bonchev–Trinajstić information content (AvgIpc) is 3.20. The van der Waals surface area contributed by atoms with E-state index in [9.17, 15) is 4.79 Å². The predicted octanol–water partition coefficient (Wildman–Crippen LogP) is 1.29. The van der Waals surface area contributed by atoms with Gasteiger partial charge in [-0.3, -0.25) is 14.7 Å². The second-order valence-corrected chi connectivity index (χ2v) is 5.25. The van der Waals surface area contributed by atoms with Crippen molar-refractivity contribution >= 4 is 11.8 Å². The summed E-state index contributed by atoms with van der Waals surface area (Å²) in [5.74, 6) is 0.645. The van der Waals surface area contributed by atoms with E-state index >= 15 is 0 Å². The number of anilines is 1. The highest BCUT2D eigenvalue weighted by Crippen LogP contribution is 2.28. The molecule has 3 rings (SSSR count). The van der Waals surface area contributed by atoms with Crippen molar-refractivity contribution in [1.29, 1.82) is 0 Å². The maximum Gasteiger partial charge on any atom is 0.320 e. The standard InChI is InChI=1S/C14H20N6O2/c1-3-20-9-10(8-16-20)13-11(5-7-22-13)17-14(21)18-12-4-6-15-19(12)2/h4,6,8-9,11,13H,3,5,7H2,1-2H3,(H2,17,18,21)/t11-,13+/m0/s1. The highest BCUT2D eigenvalue weighted by Gasteiger charge is 2.32. The van der Waals surface area contributed by atoms with Gasteiger partial charge in [-0.2, -0.15) is 10.2 Å². The lowest BCUT2D eigenvalue weighted by Crippen LogP contribution is -2.39. The number of hydrogen-bond acceptors (Lipinski definition) is 4. The van der Waals surface area contributed by atoms with Gasteiger partial charge in [0, 0.05) is 38.0 Å². The molecule has 2 amide bonds. The molecule has 8 nitrogen and oxygen atoms in total. The van der Waals surface area contributed by atoms with Gasteiger partial charge in [-0.1, -0.05) is 0 Å². The van der Waals surface area contributed by atoms with Gasteiger partial charge in [0.15, 0.2) is 0 Å². The van der Waals surface area contributed by atoms with Crippen LogP contribution in [0.4, 0.5) is 10.6 Å². The van der Waals surface area contributed by atoms with Crippen LogP contribution >= 0.6 is 0 Å². The highest BCUT2D eigenvalue weighted by molar-refractivity contribution is 5.88. The van der Waals surface area contributed by atoms with Crippen molar-refractivity contribution in [2.45, 2.75) is 32.0 Å². The van der Waals surface area contributed by atoms with Crippen molar-refractivity contribution in [3.63, 3.8) is 0 Å². The molecular weight excluding hydrogens is 284 g/mol. The van der Waals surface area contributed by atoms with Gasteiger partial charge in [0.1, 0.15) is 11.9 Å². The van der Waals surface area contributed by atoms with Crippen LogP contribution in [0.25, 0.3) is 0 Å². The van der Waals surface area contributed by atoms with Gasteiger partial charge in [-0.05, 0) is 13.3 Å². The van der Waals surface area contributed by atoms with Crippen LogP contribution in [0.5, 0.6) is 0 Å². The first-order valence-corrected chi connectivity index (χ1v) is 7.37. The van der Waals surface area contributed by atoms with E-state index in [1.165, 1.54) is 0 Å². The van der Waals surface area contributed by atoms with E-state index in [1.807, 2.05) is 17.8 Å². The number of nitrogens with zero attached hydrogens (tertiary/aromatic N) is 4. The predicted molar refractivity (Wildman–Crippen MR) is 80.4 cm³/mol. The summed E-state index contributed by atoms with van der Waals surface area (Å²) >= 11 is 0. The van der Waals surface area contributed by atoms with Gasteiger partial charge in [-0.25, -0.2) is 4.79 Å². The highest BCUT2D eigenvalue weighted by atomic mass is 16.5. The van der Waals surface area contributed by atoms with Gasteiger partial charge in [0.05, 0.1) is 18.4 Å². The fourth-order valence-electron chi connectivity index (χ4n) is 2.58. The third-order valence-electron chi connectivity index (χ3n) is 3.78. The fraction of sp³-hybridized carbons (Fsp3) is 0.500. The SMILES string of the molecule is CCn1cc([C@H]2OCC[C@@H]2NC(=O)Nc2ccnn2C)cn1. The monoisotopic (exact) mass is 304 g/mol. The van der Waals surface area contributed by atoms with Crippen LogP contribution in [-0.2, 0) is 18.3 Å². The van der Waals surface area contributed by atoms with Crippen LogP contribution in [0.2, 0.25) is 0 Å². The Bertz CT molecular complexity index is 649. The number of hydrogen-bond donors (Lipinski definition) is 2. The number of carbonyl (C=O) groups is 1. The van der Waals surface area contributed by atoms with Crippen LogP contribution in [0.15, 0.2) is 24.7 Å². The summed E-state index contributed by atoms with van der Waals surface area (Å²) < 4.78 is 9.21. The summed E-state index contributed by atoms with van der Waals surface area (Å²) in [6.45, 7) is 3.47. The zero-order valence-electron chi connectivity index (χ0n) is 12.7. The minimum absolute atomic E-state index is 0.0669. The van der Waals surface area contributed by atoms with Gasteiger partial charge in [0.2, 0.25) is 0 Å². The molecule has 0 unspecified atom stereocenters. The van der Waals surface area contributed by atoms with Crippen LogP contribution in [0.3, 0.4) is 0 Å². The van der Waals surface area contributed by atoms with E-state index in [0.29, 0.717) is 12.4 Å². The molecule has 1 saturated heterocycles. The molecule has 0 aromatic carbocycles. The quantitative estimate of drug-likeness (QED) is 0.891. The maximum absolute atomic E-state index is 12.1. The summed E-state index contributed by atoms with van der Waals surface area (Å²) in [7, 11) is 1.77. The van der Waals surface area contributed by atoms with Crippen LogP contribution in [-0.4, -0.2) is 38.2 Å². The number of ether oxygens (including phenoxy) is 1. The second-order valence-electron chi connectivity index (χ2n) is 5.25. The summed E-state index contributed by atoms with van der Waals surface area (Å²) in [4.78, 5) is 12.1. The third-order valence-corrected chi connectivity index (χ3v) is 3.78. The minimum atomic E-state index is -0.257. The molecule has 1 aliphatic rings. The number of nitrogens with one attached hydrogen (secondary N) is 2. The van der Waals surface area contributed by atoms with Gasteiger partial charge >= 0.3 is 6.03 Å². The lowest BCUT2D eigenvalue weighted by Gasteiger charge is -2.19. The van der Waals surface area contributed by atoms with E-state index in [-0.39, 0.29) is 18.2 Å². The Morgan fingerprint density at radius 2 is 2.36 bits per heavy atom.